The van der Waals surface area contributed by atoms with Crippen molar-refractivity contribution in [2.75, 3.05) is 14.1 Å². The summed E-state index contributed by atoms with van der Waals surface area (Å²) in [7, 11) is 3.84. The molecule has 2 heterocycles. The predicted molar refractivity (Wildman–Crippen MR) is 78.1 cm³/mol. The van der Waals surface area contributed by atoms with Gasteiger partial charge < -0.3 is 4.90 Å². The van der Waals surface area contributed by atoms with E-state index < -0.39 is 0 Å². The quantitative estimate of drug-likeness (QED) is 0.822. The van der Waals surface area contributed by atoms with Crippen LogP contribution in [0.5, 0.6) is 0 Å². The van der Waals surface area contributed by atoms with E-state index in [1.54, 1.807) is 0 Å². The first-order valence-corrected chi connectivity index (χ1v) is 7.00. The summed E-state index contributed by atoms with van der Waals surface area (Å²) in [4.78, 5) is 25.2. The molecule has 1 atom stereocenters. The van der Waals surface area contributed by atoms with Crippen LogP contribution in [0.4, 0.5) is 0 Å². The molecule has 2 rings (SSSR count). The van der Waals surface area contributed by atoms with Gasteiger partial charge >= 0.3 is 0 Å². The van der Waals surface area contributed by atoms with Gasteiger partial charge in [-0.15, -0.1) is 0 Å². The Balaban J connectivity index is 2.18. The zero-order chi connectivity index (χ0) is 15.1. The van der Waals surface area contributed by atoms with Crippen molar-refractivity contribution in [3.05, 3.63) is 23.3 Å². The normalized spacial score (nSPS) is 16.4. The average Bonchev–Trinajstić information content (AvgIpc) is 2.78. The van der Waals surface area contributed by atoms with Crippen LogP contribution >= 0.6 is 0 Å². The summed E-state index contributed by atoms with van der Waals surface area (Å²) in [5.74, 6) is 0.983. The largest absolute Gasteiger partial charge is 0.331 e. The van der Waals surface area contributed by atoms with Crippen molar-refractivity contribution in [3.8, 4) is 0 Å². The zero-order valence-electron chi connectivity index (χ0n) is 13.3. The van der Waals surface area contributed by atoms with E-state index in [-0.39, 0.29) is 17.4 Å². The third-order valence-corrected chi connectivity index (χ3v) is 3.77. The van der Waals surface area contributed by atoms with Crippen LogP contribution in [0.15, 0.2) is 6.20 Å². The van der Waals surface area contributed by atoms with Crippen molar-refractivity contribution in [2.24, 2.45) is 0 Å². The molecule has 0 spiro atoms. The first-order valence-electron chi connectivity index (χ1n) is 7.00. The van der Waals surface area contributed by atoms with E-state index in [1.165, 1.54) is 0 Å². The number of hydrogen-bond donors (Lipinski definition) is 0. The minimum absolute atomic E-state index is 0.0661. The van der Waals surface area contributed by atoms with Crippen LogP contribution in [0, 0.1) is 0 Å². The molecule has 1 aliphatic rings. The van der Waals surface area contributed by atoms with Gasteiger partial charge in [-0.25, -0.2) is 9.97 Å². The van der Waals surface area contributed by atoms with Crippen molar-refractivity contribution >= 4 is 5.91 Å². The maximum absolute atomic E-state index is 12.4. The topological polar surface area (TPSA) is 49.3 Å². The molecule has 1 amide bonds. The summed E-state index contributed by atoms with van der Waals surface area (Å²) < 4.78 is 0. The van der Waals surface area contributed by atoms with Gasteiger partial charge in [-0.1, -0.05) is 20.8 Å². The Morgan fingerprint density at radius 2 is 2.00 bits per heavy atom. The lowest BCUT2D eigenvalue weighted by Gasteiger charge is -2.24. The smallest absolute Gasteiger partial charge is 0.240 e. The minimum Gasteiger partial charge on any atom is -0.331 e. The van der Waals surface area contributed by atoms with Crippen molar-refractivity contribution in [1.29, 1.82) is 0 Å². The predicted octanol–water partition coefficient (Wildman–Crippen LogP) is 1.57. The molecule has 110 valence electrons. The highest BCUT2D eigenvalue weighted by Crippen LogP contribution is 2.25. The van der Waals surface area contributed by atoms with Crippen LogP contribution in [0.1, 0.15) is 44.8 Å². The van der Waals surface area contributed by atoms with Gasteiger partial charge in [0, 0.05) is 23.7 Å². The Morgan fingerprint density at radius 3 is 2.55 bits per heavy atom. The minimum atomic E-state index is -0.112. The summed E-state index contributed by atoms with van der Waals surface area (Å²) in [6.07, 6.45) is 1.87. The number of carbonyl (C=O) groups is 1. The molecule has 5 nitrogen and oxygen atoms in total. The molecular weight excluding hydrogens is 252 g/mol. The average molecular weight is 276 g/mol. The Bertz CT molecular complexity index is 519. The SMILES string of the molecule is CC(C(=O)N1Cc2cnc(C(C)(C)C)nc2C1)N(C)C. The van der Waals surface area contributed by atoms with Gasteiger partial charge in [-0.3, -0.25) is 9.69 Å². The number of aromatic nitrogens is 2. The van der Waals surface area contributed by atoms with Crippen molar-refractivity contribution in [3.63, 3.8) is 0 Å². The Kier molecular flexibility index (Phi) is 3.82. The second-order valence-electron chi connectivity index (χ2n) is 6.75. The van der Waals surface area contributed by atoms with Crippen LogP contribution in [0.25, 0.3) is 0 Å². The Morgan fingerprint density at radius 1 is 1.35 bits per heavy atom. The van der Waals surface area contributed by atoms with E-state index in [1.807, 2.05) is 37.0 Å². The number of fused-ring (bicyclic) bond motifs is 1. The third-order valence-electron chi connectivity index (χ3n) is 3.77. The first-order chi connectivity index (χ1) is 9.20. The molecule has 20 heavy (non-hydrogen) atoms. The van der Waals surface area contributed by atoms with Crippen LogP contribution < -0.4 is 0 Å². The lowest BCUT2D eigenvalue weighted by atomic mass is 9.95. The first kappa shape index (κ1) is 14.9. The molecule has 1 aromatic heterocycles. The fourth-order valence-corrected chi connectivity index (χ4v) is 2.16. The van der Waals surface area contributed by atoms with Gasteiger partial charge in [0.25, 0.3) is 0 Å². The number of likely N-dealkylation sites (N-methyl/N-ethyl adjacent to an activating group) is 1. The van der Waals surface area contributed by atoms with Crippen LogP contribution in [0.3, 0.4) is 0 Å². The van der Waals surface area contributed by atoms with Gasteiger partial charge in [-0.05, 0) is 21.0 Å². The second-order valence-corrected chi connectivity index (χ2v) is 6.75. The standard InChI is InChI=1S/C15H24N4O/c1-10(18(5)6)13(20)19-8-11-7-16-14(15(2,3)4)17-12(11)9-19/h7,10H,8-9H2,1-6H3. The summed E-state index contributed by atoms with van der Waals surface area (Å²) in [6, 6.07) is -0.112. The number of hydrogen-bond acceptors (Lipinski definition) is 4. The Hall–Kier alpha value is -1.49. The third kappa shape index (κ3) is 2.82. The molecule has 1 aliphatic heterocycles. The Labute approximate surface area is 121 Å². The summed E-state index contributed by atoms with van der Waals surface area (Å²) in [5.41, 5.74) is 1.99. The van der Waals surface area contributed by atoms with Crippen LogP contribution in [-0.2, 0) is 23.3 Å². The van der Waals surface area contributed by atoms with E-state index in [9.17, 15) is 4.79 Å². The van der Waals surface area contributed by atoms with Crippen LogP contribution in [-0.4, -0.2) is 45.8 Å². The molecule has 0 bridgehead atoms. The fourth-order valence-electron chi connectivity index (χ4n) is 2.16. The summed E-state index contributed by atoms with van der Waals surface area (Å²) in [5, 5.41) is 0. The van der Waals surface area contributed by atoms with E-state index in [0.717, 1.165) is 17.1 Å². The monoisotopic (exact) mass is 276 g/mol. The maximum Gasteiger partial charge on any atom is 0.240 e. The molecule has 0 saturated heterocycles. The fraction of sp³-hybridized carbons (Fsp3) is 0.667. The molecule has 0 saturated carbocycles. The number of carbonyl (C=O) groups excluding carboxylic acids is 1. The van der Waals surface area contributed by atoms with Gasteiger partial charge in [0.05, 0.1) is 18.3 Å². The van der Waals surface area contributed by atoms with E-state index in [2.05, 4.69) is 30.7 Å². The molecule has 0 aromatic carbocycles. The molecule has 0 fully saturated rings. The molecule has 1 unspecified atom stereocenters. The van der Waals surface area contributed by atoms with Gasteiger partial charge in [0.15, 0.2) is 0 Å². The molecule has 0 N–H and O–H groups in total. The second kappa shape index (κ2) is 5.13. The molecular formula is C15H24N4O. The number of nitrogens with zero attached hydrogens (tertiary/aromatic N) is 4. The maximum atomic E-state index is 12.4. The summed E-state index contributed by atoms with van der Waals surface area (Å²) >= 11 is 0. The molecule has 1 aromatic rings. The van der Waals surface area contributed by atoms with Gasteiger partial charge in [0.2, 0.25) is 5.91 Å². The lowest BCUT2D eigenvalue weighted by molar-refractivity contribution is -0.136. The highest BCUT2D eigenvalue weighted by molar-refractivity contribution is 5.81. The van der Waals surface area contributed by atoms with Crippen LogP contribution in [0.2, 0.25) is 0 Å². The number of rotatable bonds is 2. The van der Waals surface area contributed by atoms with Crippen molar-refractivity contribution in [2.45, 2.75) is 52.2 Å². The lowest BCUT2D eigenvalue weighted by Crippen LogP contribution is -2.41. The highest BCUT2D eigenvalue weighted by atomic mass is 16.2. The molecule has 5 heteroatoms. The van der Waals surface area contributed by atoms with Crippen molar-refractivity contribution < 1.29 is 4.79 Å². The van der Waals surface area contributed by atoms with E-state index >= 15 is 0 Å². The van der Waals surface area contributed by atoms with Gasteiger partial charge in [0.1, 0.15) is 5.82 Å². The van der Waals surface area contributed by atoms with Crippen molar-refractivity contribution in [1.82, 2.24) is 19.8 Å². The van der Waals surface area contributed by atoms with E-state index in [0.29, 0.717) is 13.1 Å². The number of amides is 1. The van der Waals surface area contributed by atoms with Gasteiger partial charge in [-0.2, -0.15) is 0 Å². The molecule has 0 aliphatic carbocycles. The zero-order valence-corrected chi connectivity index (χ0v) is 13.3. The highest BCUT2D eigenvalue weighted by Gasteiger charge is 2.30. The van der Waals surface area contributed by atoms with E-state index in [4.69, 9.17) is 0 Å². The summed E-state index contributed by atoms with van der Waals surface area (Å²) in [6.45, 7) is 9.44. The molecule has 0 radical (unpaired) electrons.